The second kappa shape index (κ2) is 8.90. The van der Waals surface area contributed by atoms with Crippen LogP contribution in [0.2, 0.25) is 0 Å². The van der Waals surface area contributed by atoms with Crippen LogP contribution in [-0.2, 0) is 14.6 Å². The third-order valence-electron chi connectivity index (χ3n) is 10.5. The molecule has 0 amide bonds. The maximum Gasteiger partial charge on any atom is 0.397 e. The fraction of sp³-hybridized carbons (Fsp3) is 0.926. The van der Waals surface area contributed by atoms with Gasteiger partial charge in [-0.05, 0) is 112 Å². The Hall–Kier alpha value is -0.430. The van der Waals surface area contributed by atoms with Crippen molar-refractivity contribution in [1.29, 1.82) is 0 Å². The molecule has 3 saturated carbocycles. The summed E-state index contributed by atoms with van der Waals surface area (Å²) in [7, 11) is -4.40. The minimum atomic E-state index is -4.40. The molecule has 4 aliphatic carbocycles. The van der Waals surface area contributed by atoms with Gasteiger partial charge < -0.3 is 5.11 Å². The third-order valence-corrected chi connectivity index (χ3v) is 11.0. The minimum Gasteiger partial charge on any atom is -0.390 e. The van der Waals surface area contributed by atoms with Gasteiger partial charge in [-0.25, -0.2) is 4.18 Å². The number of aliphatic hydroxyl groups is 1. The molecule has 0 radical (unpaired) electrons. The zero-order valence-electron chi connectivity index (χ0n) is 21.3. The zero-order valence-corrected chi connectivity index (χ0v) is 22.2. The molecule has 0 spiro atoms. The van der Waals surface area contributed by atoms with Gasteiger partial charge in [0.1, 0.15) is 0 Å². The van der Waals surface area contributed by atoms with Crippen LogP contribution in [0.1, 0.15) is 105 Å². The lowest BCUT2D eigenvalue weighted by atomic mass is 9.47. The van der Waals surface area contributed by atoms with Crippen molar-refractivity contribution < 1.29 is 22.3 Å². The maximum absolute atomic E-state index is 11.2. The lowest BCUT2D eigenvalue weighted by molar-refractivity contribution is -0.0563. The number of allylic oxidation sites excluding steroid dienone is 1. The molecule has 0 aromatic rings. The van der Waals surface area contributed by atoms with Crippen LogP contribution in [0.3, 0.4) is 0 Å². The van der Waals surface area contributed by atoms with E-state index in [-0.39, 0.29) is 5.41 Å². The molecular formula is C27H46O5S. The van der Waals surface area contributed by atoms with E-state index in [9.17, 15) is 13.5 Å². The number of hydrogen-bond donors (Lipinski definition) is 2. The zero-order chi connectivity index (χ0) is 24.2. The molecule has 190 valence electrons. The van der Waals surface area contributed by atoms with Gasteiger partial charge in [0, 0.05) is 0 Å². The van der Waals surface area contributed by atoms with E-state index in [4.69, 9.17) is 8.74 Å². The van der Waals surface area contributed by atoms with Crippen molar-refractivity contribution in [3.63, 3.8) is 0 Å². The molecule has 0 bridgehead atoms. The lowest BCUT2D eigenvalue weighted by Crippen LogP contribution is -2.51. The van der Waals surface area contributed by atoms with Gasteiger partial charge in [0.25, 0.3) is 0 Å². The summed E-state index contributed by atoms with van der Waals surface area (Å²) in [4.78, 5) is 0. The first-order chi connectivity index (χ1) is 15.2. The molecule has 5 unspecified atom stereocenters. The average Bonchev–Trinajstić information content (AvgIpc) is 3.03. The van der Waals surface area contributed by atoms with Gasteiger partial charge in [-0.15, -0.1) is 0 Å². The fourth-order valence-electron chi connectivity index (χ4n) is 8.91. The molecule has 4 rings (SSSR count). The minimum absolute atomic E-state index is 0.139. The topological polar surface area (TPSA) is 83.8 Å². The Bertz CT molecular complexity index is 858. The van der Waals surface area contributed by atoms with E-state index in [0.717, 1.165) is 43.4 Å². The van der Waals surface area contributed by atoms with Crippen LogP contribution in [0.4, 0.5) is 0 Å². The predicted octanol–water partition coefficient (Wildman–Crippen LogP) is 6.33. The van der Waals surface area contributed by atoms with Crippen molar-refractivity contribution in [2.45, 2.75) is 117 Å². The van der Waals surface area contributed by atoms with E-state index in [1.807, 2.05) is 13.8 Å². The Balaban J connectivity index is 1.46. The highest BCUT2D eigenvalue weighted by Gasteiger charge is 2.59. The Labute approximate surface area is 201 Å². The molecule has 3 fully saturated rings. The molecule has 6 heteroatoms. The number of hydrogen-bond acceptors (Lipinski definition) is 4. The smallest absolute Gasteiger partial charge is 0.390 e. The summed E-state index contributed by atoms with van der Waals surface area (Å²) in [6.07, 6.45) is 13.8. The summed E-state index contributed by atoms with van der Waals surface area (Å²) in [5.74, 6) is 3.66. The summed E-state index contributed by atoms with van der Waals surface area (Å²) in [6, 6.07) is 0. The van der Waals surface area contributed by atoms with Crippen LogP contribution in [0.15, 0.2) is 11.6 Å². The van der Waals surface area contributed by atoms with Crippen LogP contribution in [0.5, 0.6) is 0 Å². The summed E-state index contributed by atoms with van der Waals surface area (Å²) in [6.45, 7) is 11.3. The maximum atomic E-state index is 11.2. The first-order valence-corrected chi connectivity index (χ1v) is 14.7. The normalized spacial score (nSPS) is 42.2. The average molecular weight is 483 g/mol. The summed E-state index contributed by atoms with van der Waals surface area (Å²) < 4.78 is 36.5. The number of rotatable bonds is 7. The molecule has 2 N–H and O–H groups in total. The van der Waals surface area contributed by atoms with Gasteiger partial charge in [-0.1, -0.05) is 45.3 Å². The van der Waals surface area contributed by atoms with Gasteiger partial charge >= 0.3 is 10.4 Å². The van der Waals surface area contributed by atoms with Crippen molar-refractivity contribution in [2.75, 3.05) is 0 Å². The van der Waals surface area contributed by atoms with E-state index < -0.39 is 22.1 Å². The van der Waals surface area contributed by atoms with E-state index in [1.54, 1.807) is 0 Å². The van der Waals surface area contributed by atoms with Crippen LogP contribution >= 0.6 is 0 Å². The SMILES string of the molecule is C[C@H](CCCC(C)(C)O)C1CCC2C3CC=C4C[C@@H](OS(=O)(=O)O)CC[C@]4(C)C3CCC21C. The van der Waals surface area contributed by atoms with Crippen molar-refractivity contribution >= 4 is 10.4 Å². The fourth-order valence-corrected chi connectivity index (χ4v) is 9.42. The molecule has 5 nitrogen and oxygen atoms in total. The second-order valence-electron chi connectivity index (χ2n) is 13.1. The number of fused-ring (bicyclic) bond motifs is 5. The third kappa shape index (κ3) is 5.10. The Morgan fingerprint density at radius 1 is 1.15 bits per heavy atom. The summed E-state index contributed by atoms with van der Waals surface area (Å²) in [5, 5.41) is 10.1. The largest absolute Gasteiger partial charge is 0.397 e. The van der Waals surface area contributed by atoms with Gasteiger partial charge in [0.05, 0.1) is 11.7 Å². The van der Waals surface area contributed by atoms with Crippen LogP contribution < -0.4 is 0 Å². The summed E-state index contributed by atoms with van der Waals surface area (Å²) >= 11 is 0. The Morgan fingerprint density at radius 3 is 2.55 bits per heavy atom. The van der Waals surface area contributed by atoms with Crippen molar-refractivity contribution in [1.82, 2.24) is 0 Å². The standard InChI is InChI=1S/C27H46O5S/c1-18(7-6-14-25(2,3)28)22-10-11-23-21-9-8-19-17-20(32-33(29,30)31)12-15-26(19,4)24(21)13-16-27(22,23)5/h8,18,20-24,28H,6-7,9-17H2,1-5H3,(H,29,30,31)/t18-,20+,21?,22?,23?,24?,26+,27?/m1/s1. The highest BCUT2D eigenvalue weighted by molar-refractivity contribution is 7.80. The highest BCUT2D eigenvalue weighted by atomic mass is 32.3. The molecule has 0 heterocycles. The highest BCUT2D eigenvalue weighted by Crippen LogP contribution is 2.67. The lowest BCUT2D eigenvalue weighted by Gasteiger charge is -2.58. The molecule has 0 saturated heterocycles. The summed E-state index contributed by atoms with van der Waals surface area (Å²) in [5.41, 5.74) is 1.36. The van der Waals surface area contributed by atoms with E-state index in [0.29, 0.717) is 30.1 Å². The first kappa shape index (κ1) is 25.7. The Kier molecular flexibility index (Phi) is 6.92. The molecule has 0 aromatic heterocycles. The molecule has 0 aliphatic heterocycles. The van der Waals surface area contributed by atoms with Gasteiger partial charge in [-0.2, -0.15) is 8.42 Å². The first-order valence-electron chi connectivity index (χ1n) is 13.3. The van der Waals surface area contributed by atoms with Crippen molar-refractivity contribution in [2.24, 2.45) is 40.4 Å². The van der Waals surface area contributed by atoms with Crippen LogP contribution in [-0.4, -0.2) is 29.8 Å². The van der Waals surface area contributed by atoms with Crippen molar-refractivity contribution in [3.05, 3.63) is 11.6 Å². The van der Waals surface area contributed by atoms with Gasteiger partial charge in [0.2, 0.25) is 0 Å². The molecule has 0 aromatic carbocycles. The monoisotopic (exact) mass is 482 g/mol. The Morgan fingerprint density at radius 2 is 1.88 bits per heavy atom. The molecular weight excluding hydrogens is 436 g/mol. The van der Waals surface area contributed by atoms with E-state index in [2.05, 4.69) is 26.8 Å². The van der Waals surface area contributed by atoms with Crippen molar-refractivity contribution in [3.8, 4) is 0 Å². The van der Waals surface area contributed by atoms with Gasteiger partial charge in [0.15, 0.2) is 0 Å². The molecule has 33 heavy (non-hydrogen) atoms. The predicted molar refractivity (Wildman–Crippen MR) is 131 cm³/mol. The molecule has 8 atom stereocenters. The van der Waals surface area contributed by atoms with E-state index in [1.165, 1.54) is 37.7 Å². The van der Waals surface area contributed by atoms with E-state index >= 15 is 0 Å². The van der Waals surface area contributed by atoms with Crippen LogP contribution in [0, 0.1) is 40.4 Å². The molecule has 4 aliphatic rings. The van der Waals surface area contributed by atoms with Gasteiger partial charge in [-0.3, -0.25) is 4.55 Å². The quantitative estimate of drug-likeness (QED) is 0.327. The van der Waals surface area contributed by atoms with Crippen LogP contribution in [0.25, 0.3) is 0 Å². The second-order valence-corrected chi connectivity index (χ2v) is 14.1.